The molecule has 0 aliphatic heterocycles. The number of carbonyl (C=O) groups is 1. The summed E-state index contributed by atoms with van der Waals surface area (Å²) in [5.41, 5.74) is 2.52. The lowest BCUT2D eigenvalue weighted by molar-refractivity contribution is -0.136. The third-order valence-electron chi connectivity index (χ3n) is 7.30. The summed E-state index contributed by atoms with van der Waals surface area (Å²) >= 11 is 0. The van der Waals surface area contributed by atoms with Gasteiger partial charge in [-0.2, -0.15) is 0 Å². The zero-order valence-electron chi connectivity index (χ0n) is 25.9. The summed E-state index contributed by atoms with van der Waals surface area (Å²) in [6, 6.07) is 4.05. The van der Waals surface area contributed by atoms with Gasteiger partial charge in [-0.25, -0.2) is 0 Å². The van der Waals surface area contributed by atoms with Crippen molar-refractivity contribution in [2.75, 3.05) is 0 Å². The zero-order valence-corrected chi connectivity index (χ0v) is 25.9. The number of unbranched alkanes of at least 4 members (excludes halogenated alkanes) is 14. The van der Waals surface area contributed by atoms with Gasteiger partial charge in [-0.05, 0) is 40.4 Å². The second kappa shape index (κ2) is 18.4. The summed E-state index contributed by atoms with van der Waals surface area (Å²) in [5, 5.41) is 10.9. The first-order chi connectivity index (χ1) is 18.0. The summed E-state index contributed by atoms with van der Waals surface area (Å²) in [7, 11) is 0. The smallest absolute Gasteiger partial charge is 0.320 e. The SMILES string of the molecule is CCCCCCCCCCCCCCCCC#COC(=O)CCc1cc(C(C)(C)C)c(O)c(C(C)(C)C)c1. The molecule has 1 rings (SSSR count). The molecule has 0 radical (unpaired) electrons. The van der Waals surface area contributed by atoms with E-state index in [2.05, 4.69) is 60.5 Å². The van der Waals surface area contributed by atoms with E-state index in [0.29, 0.717) is 12.2 Å². The van der Waals surface area contributed by atoms with Crippen LogP contribution in [0.2, 0.25) is 0 Å². The Morgan fingerprint density at radius 2 is 1.16 bits per heavy atom. The summed E-state index contributed by atoms with van der Waals surface area (Å²) in [5.74, 6) is 3.07. The minimum Gasteiger partial charge on any atom is -0.507 e. The lowest BCUT2D eigenvalue weighted by Gasteiger charge is -2.28. The van der Waals surface area contributed by atoms with Crippen molar-refractivity contribution in [3.05, 3.63) is 28.8 Å². The second-order valence-corrected chi connectivity index (χ2v) is 13.1. The molecule has 0 spiro atoms. The Bertz CT molecular complexity index is 823. The van der Waals surface area contributed by atoms with Gasteiger partial charge in [-0.1, -0.05) is 150 Å². The Balaban J connectivity index is 2.21. The van der Waals surface area contributed by atoms with E-state index >= 15 is 0 Å². The molecule has 3 heteroatoms. The maximum Gasteiger partial charge on any atom is 0.320 e. The van der Waals surface area contributed by atoms with Crippen molar-refractivity contribution in [3.63, 3.8) is 0 Å². The van der Waals surface area contributed by atoms with Crippen LogP contribution in [-0.4, -0.2) is 11.1 Å². The van der Waals surface area contributed by atoms with Crippen LogP contribution < -0.4 is 0 Å². The lowest BCUT2D eigenvalue weighted by atomic mass is 9.78. The molecule has 0 aliphatic carbocycles. The van der Waals surface area contributed by atoms with Gasteiger partial charge in [0, 0.05) is 6.42 Å². The highest BCUT2D eigenvalue weighted by atomic mass is 16.5. The number of phenolic OH excluding ortho intramolecular Hbond substituents is 1. The van der Waals surface area contributed by atoms with Crippen molar-refractivity contribution >= 4 is 5.97 Å². The van der Waals surface area contributed by atoms with E-state index in [1.807, 2.05) is 12.1 Å². The Labute approximate surface area is 235 Å². The number of ether oxygens (including phenoxy) is 1. The summed E-state index contributed by atoms with van der Waals surface area (Å²) in [6.45, 7) is 14.9. The Morgan fingerprint density at radius 3 is 1.58 bits per heavy atom. The number of hydrogen-bond donors (Lipinski definition) is 1. The number of phenols is 1. The highest BCUT2D eigenvalue weighted by Crippen LogP contribution is 2.40. The van der Waals surface area contributed by atoms with E-state index < -0.39 is 0 Å². The number of aryl methyl sites for hydroxylation is 1. The topological polar surface area (TPSA) is 46.5 Å². The van der Waals surface area contributed by atoms with E-state index in [-0.39, 0.29) is 23.2 Å². The number of aromatic hydroxyl groups is 1. The van der Waals surface area contributed by atoms with Gasteiger partial charge < -0.3 is 9.84 Å². The number of hydrogen-bond acceptors (Lipinski definition) is 3. The van der Waals surface area contributed by atoms with Gasteiger partial charge in [0.15, 0.2) is 0 Å². The molecule has 0 unspecified atom stereocenters. The second-order valence-electron chi connectivity index (χ2n) is 13.1. The van der Waals surface area contributed by atoms with Crippen molar-refractivity contribution in [2.24, 2.45) is 0 Å². The summed E-state index contributed by atoms with van der Waals surface area (Å²) in [6.07, 6.45) is 23.1. The Kier molecular flexibility index (Phi) is 16.5. The zero-order chi connectivity index (χ0) is 28.4. The van der Waals surface area contributed by atoms with E-state index in [0.717, 1.165) is 29.5 Å². The van der Waals surface area contributed by atoms with E-state index in [1.165, 1.54) is 83.5 Å². The minimum absolute atomic E-state index is 0.181. The molecule has 0 bridgehead atoms. The van der Waals surface area contributed by atoms with Crippen LogP contribution in [0.4, 0.5) is 0 Å². The summed E-state index contributed by atoms with van der Waals surface area (Å²) < 4.78 is 5.15. The van der Waals surface area contributed by atoms with Crippen LogP contribution in [0.1, 0.15) is 168 Å². The van der Waals surface area contributed by atoms with Crippen LogP contribution in [-0.2, 0) is 26.8 Å². The van der Waals surface area contributed by atoms with Crippen LogP contribution in [0, 0.1) is 12.0 Å². The molecule has 1 aromatic carbocycles. The van der Waals surface area contributed by atoms with Gasteiger partial charge in [0.2, 0.25) is 0 Å². The fourth-order valence-corrected chi connectivity index (χ4v) is 4.83. The minimum atomic E-state index is -0.291. The molecule has 0 amide bonds. The van der Waals surface area contributed by atoms with Gasteiger partial charge in [-0.3, -0.25) is 4.79 Å². The predicted octanol–water partition coefficient (Wildman–Crippen LogP) is 10.3. The van der Waals surface area contributed by atoms with Crippen molar-refractivity contribution in [1.29, 1.82) is 0 Å². The van der Waals surface area contributed by atoms with Crippen LogP contribution in [0.25, 0.3) is 0 Å². The fraction of sp³-hybridized carbons (Fsp3) is 0.743. The largest absolute Gasteiger partial charge is 0.507 e. The molecule has 1 aromatic rings. The molecule has 38 heavy (non-hydrogen) atoms. The Hall–Kier alpha value is -1.95. The maximum absolute atomic E-state index is 12.2. The van der Waals surface area contributed by atoms with Gasteiger partial charge in [0.1, 0.15) is 11.9 Å². The first-order valence-corrected chi connectivity index (χ1v) is 15.5. The monoisotopic (exact) mass is 526 g/mol. The van der Waals surface area contributed by atoms with Crippen LogP contribution >= 0.6 is 0 Å². The first-order valence-electron chi connectivity index (χ1n) is 15.5. The fourth-order valence-electron chi connectivity index (χ4n) is 4.83. The highest BCUT2D eigenvalue weighted by Gasteiger charge is 2.26. The standard InChI is InChI=1S/C35H58O3/c1-8-9-10-11-12-13-14-15-16-17-18-19-20-21-22-23-26-38-32(36)25-24-29-27-30(34(2,3)4)33(37)31(28-29)35(5,6)7/h27-28,37H,8-22,24-25H2,1-7H3. The quantitative estimate of drug-likeness (QED) is 0.125. The molecule has 0 aliphatic rings. The van der Waals surface area contributed by atoms with E-state index in [9.17, 15) is 9.90 Å². The molecule has 216 valence electrons. The molecule has 0 aromatic heterocycles. The molecule has 1 N–H and O–H groups in total. The molecule has 0 fully saturated rings. The molecular weight excluding hydrogens is 468 g/mol. The lowest BCUT2D eigenvalue weighted by Crippen LogP contribution is -2.18. The molecule has 3 nitrogen and oxygen atoms in total. The molecule has 0 heterocycles. The molecular formula is C35H58O3. The van der Waals surface area contributed by atoms with E-state index in [1.54, 1.807) is 0 Å². The predicted molar refractivity (Wildman–Crippen MR) is 163 cm³/mol. The average molecular weight is 527 g/mol. The third-order valence-corrected chi connectivity index (χ3v) is 7.30. The number of carbonyl (C=O) groups excluding carboxylic acids is 1. The van der Waals surface area contributed by atoms with Crippen molar-refractivity contribution in [2.45, 2.75) is 168 Å². The van der Waals surface area contributed by atoms with Gasteiger partial charge in [-0.15, -0.1) is 0 Å². The number of esters is 1. The maximum atomic E-state index is 12.2. The summed E-state index contributed by atoms with van der Waals surface area (Å²) in [4.78, 5) is 12.2. The third kappa shape index (κ3) is 14.8. The number of rotatable bonds is 17. The normalized spacial score (nSPS) is 11.8. The van der Waals surface area contributed by atoms with Crippen molar-refractivity contribution in [3.8, 4) is 17.8 Å². The van der Waals surface area contributed by atoms with Crippen molar-refractivity contribution < 1.29 is 14.6 Å². The highest BCUT2D eigenvalue weighted by molar-refractivity contribution is 5.71. The van der Waals surface area contributed by atoms with Crippen molar-refractivity contribution in [1.82, 2.24) is 0 Å². The van der Waals surface area contributed by atoms with E-state index in [4.69, 9.17) is 4.74 Å². The molecule has 0 saturated heterocycles. The average Bonchev–Trinajstić information content (AvgIpc) is 2.83. The van der Waals surface area contributed by atoms with Crippen LogP contribution in [0.15, 0.2) is 12.1 Å². The Morgan fingerprint density at radius 1 is 0.737 bits per heavy atom. The van der Waals surface area contributed by atoms with Gasteiger partial charge in [0.05, 0.1) is 6.42 Å². The van der Waals surface area contributed by atoms with Crippen LogP contribution in [0.5, 0.6) is 5.75 Å². The number of benzene rings is 1. The van der Waals surface area contributed by atoms with Crippen LogP contribution in [0.3, 0.4) is 0 Å². The molecule has 0 saturated carbocycles. The molecule has 0 atom stereocenters. The van der Waals surface area contributed by atoms with Gasteiger partial charge in [0.25, 0.3) is 0 Å². The first kappa shape index (κ1) is 34.1. The van der Waals surface area contributed by atoms with Gasteiger partial charge >= 0.3 is 5.97 Å².